The summed E-state index contributed by atoms with van der Waals surface area (Å²) in [6.45, 7) is 4.66. The molecule has 8 nitrogen and oxygen atoms in total. The Kier molecular flexibility index (Phi) is 6.07. The van der Waals surface area contributed by atoms with E-state index in [9.17, 15) is 8.42 Å². The number of fused-ring (bicyclic) bond motifs is 1. The molecule has 10 heteroatoms. The van der Waals surface area contributed by atoms with E-state index < -0.39 is 10.0 Å². The highest BCUT2D eigenvalue weighted by Gasteiger charge is 2.24. The molecule has 0 spiro atoms. The molecule has 0 atom stereocenters. The highest BCUT2D eigenvalue weighted by Crippen LogP contribution is 2.33. The molecule has 0 bridgehead atoms. The fourth-order valence-electron chi connectivity index (χ4n) is 4.23. The zero-order valence-corrected chi connectivity index (χ0v) is 20.4. The first kappa shape index (κ1) is 22.2. The fraction of sp³-hybridized carbons (Fsp3) is 0.435. The van der Waals surface area contributed by atoms with E-state index in [1.54, 1.807) is 11.3 Å². The maximum Gasteiger partial charge on any atom is 0.274 e. The summed E-state index contributed by atoms with van der Waals surface area (Å²) in [5.41, 5.74) is 4.29. The van der Waals surface area contributed by atoms with Gasteiger partial charge in [-0.3, -0.25) is 0 Å². The topological polar surface area (TPSA) is 88.5 Å². The van der Waals surface area contributed by atoms with Crippen molar-refractivity contribution < 1.29 is 13.2 Å². The summed E-state index contributed by atoms with van der Waals surface area (Å²) in [7, 11) is -3.14. The predicted molar refractivity (Wildman–Crippen MR) is 131 cm³/mol. The van der Waals surface area contributed by atoms with Gasteiger partial charge in [0.1, 0.15) is 6.10 Å². The summed E-state index contributed by atoms with van der Waals surface area (Å²) in [5.74, 6) is 0.781. The van der Waals surface area contributed by atoms with Crippen LogP contribution in [0.25, 0.3) is 15.8 Å². The molecule has 2 aromatic heterocycles. The van der Waals surface area contributed by atoms with Gasteiger partial charge in [-0.25, -0.2) is 23.4 Å². The van der Waals surface area contributed by atoms with Gasteiger partial charge < -0.3 is 9.64 Å². The molecule has 33 heavy (non-hydrogen) atoms. The molecule has 174 valence electrons. The van der Waals surface area contributed by atoms with Crippen LogP contribution in [0.2, 0.25) is 0 Å². The molecule has 0 aliphatic carbocycles. The van der Waals surface area contributed by atoms with Crippen LogP contribution in [0.3, 0.4) is 0 Å². The van der Waals surface area contributed by atoms with Crippen molar-refractivity contribution in [2.75, 3.05) is 37.3 Å². The van der Waals surface area contributed by atoms with E-state index in [-0.39, 0.29) is 6.10 Å². The lowest BCUT2D eigenvalue weighted by Crippen LogP contribution is -2.39. The van der Waals surface area contributed by atoms with Crippen LogP contribution < -0.4 is 9.64 Å². The van der Waals surface area contributed by atoms with Crippen molar-refractivity contribution in [2.45, 2.75) is 32.3 Å². The smallest absolute Gasteiger partial charge is 0.274 e. The van der Waals surface area contributed by atoms with E-state index in [4.69, 9.17) is 4.74 Å². The zero-order chi connectivity index (χ0) is 23.0. The minimum Gasteiger partial charge on any atom is -0.467 e. The summed E-state index contributed by atoms with van der Waals surface area (Å²) in [5, 5.41) is 0.702. The molecule has 2 aliphatic rings. The first-order chi connectivity index (χ1) is 15.8. The number of anilines is 1. The highest BCUT2D eigenvalue weighted by molar-refractivity contribution is 7.88. The molecule has 0 saturated carbocycles. The van der Waals surface area contributed by atoms with Gasteiger partial charge in [-0.2, -0.15) is 4.31 Å². The van der Waals surface area contributed by atoms with Crippen molar-refractivity contribution in [1.29, 1.82) is 0 Å². The van der Waals surface area contributed by atoms with E-state index in [2.05, 4.69) is 32.0 Å². The van der Waals surface area contributed by atoms with Crippen LogP contribution in [0.15, 0.2) is 36.7 Å². The zero-order valence-electron chi connectivity index (χ0n) is 18.8. The van der Waals surface area contributed by atoms with Gasteiger partial charge in [0.25, 0.3) is 5.19 Å². The number of hydrogen-bond acceptors (Lipinski definition) is 8. The monoisotopic (exact) mass is 485 g/mol. The summed E-state index contributed by atoms with van der Waals surface area (Å²) >= 11 is 1.57. The second kappa shape index (κ2) is 9.00. The van der Waals surface area contributed by atoms with Gasteiger partial charge in [0.05, 0.1) is 16.5 Å². The number of aromatic nitrogens is 3. The normalized spacial score (nSPS) is 18.5. The van der Waals surface area contributed by atoms with Gasteiger partial charge in [0, 0.05) is 51.4 Å². The third kappa shape index (κ3) is 5.02. The lowest BCUT2D eigenvalue weighted by Gasteiger charge is -2.31. The Bertz CT molecular complexity index is 1280. The van der Waals surface area contributed by atoms with Crippen LogP contribution in [0, 0.1) is 6.92 Å². The van der Waals surface area contributed by atoms with Crippen molar-refractivity contribution in [3.8, 4) is 5.19 Å². The molecule has 4 heterocycles. The Balaban J connectivity index is 1.23. The Morgan fingerprint density at radius 3 is 2.55 bits per heavy atom. The van der Waals surface area contributed by atoms with Crippen LogP contribution in [-0.2, 0) is 10.0 Å². The maximum absolute atomic E-state index is 11.7. The van der Waals surface area contributed by atoms with Gasteiger partial charge in [-0.15, -0.1) is 0 Å². The van der Waals surface area contributed by atoms with Crippen molar-refractivity contribution in [3.63, 3.8) is 0 Å². The first-order valence-electron chi connectivity index (χ1n) is 11.1. The van der Waals surface area contributed by atoms with Gasteiger partial charge in [-0.05, 0) is 42.2 Å². The Labute approximate surface area is 198 Å². The molecule has 5 rings (SSSR count). The van der Waals surface area contributed by atoms with Crippen LogP contribution in [0.5, 0.6) is 5.19 Å². The molecule has 0 radical (unpaired) electrons. The van der Waals surface area contributed by atoms with Gasteiger partial charge in [0.2, 0.25) is 16.0 Å². The van der Waals surface area contributed by atoms with Crippen LogP contribution >= 0.6 is 11.3 Å². The summed E-state index contributed by atoms with van der Waals surface area (Å²) < 4.78 is 32.3. The predicted octanol–water partition coefficient (Wildman–Crippen LogP) is 3.49. The lowest BCUT2D eigenvalue weighted by atomic mass is 10.0. The molecule has 2 aliphatic heterocycles. The van der Waals surface area contributed by atoms with Crippen molar-refractivity contribution in [2.24, 2.45) is 0 Å². The van der Waals surface area contributed by atoms with Crippen LogP contribution in [-0.4, -0.2) is 66.2 Å². The third-order valence-corrected chi connectivity index (χ3v) is 8.32. The van der Waals surface area contributed by atoms with Crippen LogP contribution in [0.4, 0.5) is 5.95 Å². The Morgan fingerprint density at radius 1 is 1.12 bits per heavy atom. The molecule has 0 amide bonds. The second-order valence-electron chi connectivity index (χ2n) is 8.63. The number of aryl methyl sites for hydroxylation is 1. The summed E-state index contributed by atoms with van der Waals surface area (Å²) in [4.78, 5) is 15.7. The minimum absolute atomic E-state index is 0.134. The van der Waals surface area contributed by atoms with Crippen molar-refractivity contribution in [3.05, 3.63) is 47.8 Å². The molecule has 0 unspecified atom stereocenters. The minimum atomic E-state index is -3.14. The van der Waals surface area contributed by atoms with Gasteiger partial charge in [0.15, 0.2) is 0 Å². The van der Waals surface area contributed by atoms with Crippen molar-refractivity contribution in [1.82, 2.24) is 19.3 Å². The summed E-state index contributed by atoms with van der Waals surface area (Å²) in [6.07, 6.45) is 9.63. The lowest BCUT2D eigenvalue weighted by molar-refractivity contribution is 0.170. The molecule has 0 N–H and O–H groups in total. The molecule has 1 fully saturated rings. The number of rotatable bonds is 5. The van der Waals surface area contributed by atoms with E-state index in [0.29, 0.717) is 24.7 Å². The number of sulfonamides is 1. The van der Waals surface area contributed by atoms with E-state index in [1.165, 1.54) is 16.1 Å². The molecule has 1 aromatic carbocycles. The summed E-state index contributed by atoms with van der Waals surface area (Å²) in [6, 6.07) is 6.22. The largest absolute Gasteiger partial charge is 0.467 e. The van der Waals surface area contributed by atoms with E-state index >= 15 is 0 Å². The number of nitrogens with zero attached hydrogens (tertiary/aromatic N) is 5. The first-order valence-corrected chi connectivity index (χ1v) is 13.8. The molecule has 1 saturated heterocycles. The van der Waals surface area contributed by atoms with E-state index in [0.717, 1.165) is 53.2 Å². The Hall–Kier alpha value is -2.56. The highest BCUT2D eigenvalue weighted by atomic mass is 32.2. The van der Waals surface area contributed by atoms with E-state index in [1.807, 2.05) is 31.5 Å². The van der Waals surface area contributed by atoms with Crippen molar-refractivity contribution >= 4 is 43.1 Å². The third-order valence-electron chi connectivity index (χ3n) is 6.14. The second-order valence-corrected chi connectivity index (χ2v) is 11.6. The number of thiazole rings is 1. The van der Waals surface area contributed by atoms with Gasteiger partial charge >= 0.3 is 0 Å². The molecular weight excluding hydrogens is 458 g/mol. The van der Waals surface area contributed by atoms with Crippen LogP contribution in [0.1, 0.15) is 30.4 Å². The average molecular weight is 486 g/mol. The van der Waals surface area contributed by atoms with Gasteiger partial charge in [-0.1, -0.05) is 23.5 Å². The number of piperidine rings is 1. The maximum atomic E-state index is 11.7. The average Bonchev–Trinajstić information content (AvgIpc) is 3.21. The molecular formula is C23H27N5O3S2. The molecule has 3 aromatic rings. The quantitative estimate of drug-likeness (QED) is 0.547. The number of ether oxygens (including phenoxy) is 1. The number of benzene rings is 1. The number of hydrogen-bond donors (Lipinski definition) is 0. The standard InChI is InChI=1S/C23H27N5O3S2/c1-16-14-24-22(25-15-16)27-9-7-19(8-10-27)31-23-26-20-4-3-18(13-21(20)32-23)17-5-11-28(12-6-17)33(2,29)30/h3-5,13-15,19H,6-12H2,1-2H3. The SMILES string of the molecule is Cc1cnc(N2CCC(Oc3nc4ccc(C5=CCN(S(C)(=O)=O)CC5)cc4s3)CC2)nc1. The fourth-order valence-corrected chi connectivity index (χ4v) is 5.92. The Morgan fingerprint density at radius 2 is 1.88 bits per heavy atom.